The Morgan fingerprint density at radius 1 is 0.769 bits per heavy atom. The van der Waals surface area contributed by atoms with Gasteiger partial charge in [-0.15, -0.1) is 0 Å². The van der Waals surface area contributed by atoms with Crippen molar-refractivity contribution < 1.29 is 14.6 Å². The van der Waals surface area contributed by atoms with E-state index in [2.05, 4.69) is 46.9 Å². The largest absolute Gasteiger partial charge is 0.396 e. The van der Waals surface area contributed by atoms with Crippen molar-refractivity contribution in [3.05, 3.63) is 71.8 Å². The Kier molecular flexibility index (Phi) is 7.92. The van der Waals surface area contributed by atoms with E-state index in [1.165, 1.54) is 11.1 Å². The van der Waals surface area contributed by atoms with Crippen LogP contribution in [0.25, 0.3) is 0 Å². The minimum atomic E-state index is 0.0234. The van der Waals surface area contributed by atoms with Gasteiger partial charge < -0.3 is 14.6 Å². The van der Waals surface area contributed by atoms with E-state index >= 15 is 0 Å². The quantitative estimate of drug-likeness (QED) is 0.456. The van der Waals surface area contributed by atoms with Crippen LogP contribution in [0.2, 0.25) is 0 Å². The van der Waals surface area contributed by atoms with Gasteiger partial charge in [-0.3, -0.25) is 0 Å². The second-order valence-corrected chi connectivity index (χ2v) is 7.88. The van der Waals surface area contributed by atoms with Crippen LogP contribution in [0.4, 0.5) is 0 Å². The van der Waals surface area contributed by atoms with Crippen molar-refractivity contribution in [2.24, 2.45) is 11.8 Å². The molecular weight excluding hydrogens is 439 g/mol. The van der Waals surface area contributed by atoms with Crippen LogP contribution in [-0.2, 0) is 22.7 Å². The standard InChI is InChI=1S/C22H27IO3/c23-13-19-11-21(25-15-17-7-3-1-4-8-17)22(12-20(19)14-24)26-16-18-9-5-2-6-10-18/h1-10,19-22,24H,11-16H2/t19-,20-,21+,22+/m0/s1. The number of halogens is 1. The molecule has 4 heteroatoms. The molecule has 2 aromatic carbocycles. The summed E-state index contributed by atoms with van der Waals surface area (Å²) in [5.41, 5.74) is 2.36. The molecule has 0 aromatic heterocycles. The van der Waals surface area contributed by atoms with Crippen LogP contribution >= 0.6 is 22.6 Å². The number of ether oxygens (including phenoxy) is 2. The minimum absolute atomic E-state index is 0.0234. The molecule has 0 amide bonds. The summed E-state index contributed by atoms with van der Waals surface area (Å²) in [6, 6.07) is 20.5. The maximum absolute atomic E-state index is 9.79. The predicted octanol–water partition coefficient (Wildman–Crippen LogP) is 4.61. The number of rotatable bonds is 8. The summed E-state index contributed by atoms with van der Waals surface area (Å²) in [5.74, 6) is 0.780. The topological polar surface area (TPSA) is 38.7 Å². The third-order valence-electron chi connectivity index (χ3n) is 5.20. The lowest BCUT2D eigenvalue weighted by molar-refractivity contribution is -0.128. The maximum Gasteiger partial charge on any atom is 0.0845 e. The van der Waals surface area contributed by atoms with Crippen LogP contribution in [0.3, 0.4) is 0 Å². The van der Waals surface area contributed by atoms with Crippen LogP contribution in [0, 0.1) is 11.8 Å². The number of hydrogen-bond acceptors (Lipinski definition) is 3. The molecule has 0 aliphatic heterocycles. The summed E-state index contributed by atoms with van der Waals surface area (Å²) in [6.07, 6.45) is 1.90. The van der Waals surface area contributed by atoms with Gasteiger partial charge in [0.25, 0.3) is 0 Å². The fourth-order valence-corrected chi connectivity index (χ4v) is 4.68. The Bertz CT molecular complexity index is 577. The molecule has 1 aliphatic rings. The Hall–Kier alpha value is -0.950. The SMILES string of the molecule is OC[C@@H]1C[C@@H](OCc2ccccc2)[C@H](OCc2ccccc2)C[C@H]1CI. The normalized spacial score (nSPS) is 25.9. The Morgan fingerprint density at radius 3 is 1.65 bits per heavy atom. The Labute approximate surface area is 169 Å². The van der Waals surface area contributed by atoms with Crippen LogP contribution < -0.4 is 0 Å². The van der Waals surface area contributed by atoms with Crippen LogP contribution in [0.1, 0.15) is 24.0 Å². The van der Waals surface area contributed by atoms with Crippen molar-refractivity contribution in [2.75, 3.05) is 11.0 Å². The molecule has 0 spiro atoms. The van der Waals surface area contributed by atoms with Gasteiger partial charge in [-0.1, -0.05) is 83.3 Å². The molecule has 3 nitrogen and oxygen atoms in total. The molecule has 3 rings (SSSR count). The van der Waals surface area contributed by atoms with Gasteiger partial charge in [-0.05, 0) is 35.8 Å². The average molecular weight is 466 g/mol. The van der Waals surface area contributed by atoms with E-state index < -0.39 is 0 Å². The number of aliphatic hydroxyl groups excluding tert-OH is 1. The predicted molar refractivity (Wildman–Crippen MR) is 112 cm³/mol. The van der Waals surface area contributed by atoms with Crippen LogP contribution in [0.15, 0.2) is 60.7 Å². The van der Waals surface area contributed by atoms with Gasteiger partial charge in [-0.25, -0.2) is 0 Å². The lowest BCUT2D eigenvalue weighted by atomic mass is 9.77. The van der Waals surface area contributed by atoms with E-state index in [9.17, 15) is 5.11 Å². The first kappa shape index (κ1) is 19.8. The van der Waals surface area contributed by atoms with Crippen molar-refractivity contribution in [3.8, 4) is 0 Å². The molecule has 0 saturated heterocycles. The molecule has 1 aliphatic carbocycles. The summed E-state index contributed by atoms with van der Waals surface area (Å²) >= 11 is 2.43. The highest BCUT2D eigenvalue weighted by molar-refractivity contribution is 14.1. The van der Waals surface area contributed by atoms with Crippen molar-refractivity contribution >= 4 is 22.6 Å². The summed E-state index contributed by atoms with van der Waals surface area (Å²) < 4.78 is 13.6. The van der Waals surface area contributed by atoms with E-state index in [1.807, 2.05) is 36.4 Å². The summed E-state index contributed by atoms with van der Waals surface area (Å²) in [7, 11) is 0. The number of alkyl halides is 1. The number of benzene rings is 2. The molecule has 0 heterocycles. The maximum atomic E-state index is 9.79. The zero-order chi connectivity index (χ0) is 18.2. The Morgan fingerprint density at radius 2 is 1.23 bits per heavy atom. The number of aliphatic hydroxyl groups is 1. The van der Waals surface area contributed by atoms with Crippen LogP contribution in [-0.4, -0.2) is 28.3 Å². The Balaban J connectivity index is 1.64. The van der Waals surface area contributed by atoms with E-state index in [0.717, 1.165) is 17.3 Å². The van der Waals surface area contributed by atoms with E-state index in [0.29, 0.717) is 25.0 Å². The summed E-state index contributed by atoms with van der Waals surface area (Å²) in [6.45, 7) is 1.42. The summed E-state index contributed by atoms with van der Waals surface area (Å²) in [5, 5.41) is 9.79. The molecule has 26 heavy (non-hydrogen) atoms. The zero-order valence-electron chi connectivity index (χ0n) is 15.0. The first-order valence-electron chi connectivity index (χ1n) is 9.28. The molecule has 1 saturated carbocycles. The molecule has 0 radical (unpaired) electrons. The van der Waals surface area contributed by atoms with Gasteiger partial charge in [0.05, 0.1) is 25.4 Å². The molecule has 0 unspecified atom stereocenters. The second-order valence-electron chi connectivity index (χ2n) is 7.00. The molecule has 1 N–H and O–H groups in total. The first-order valence-corrected chi connectivity index (χ1v) is 10.8. The van der Waals surface area contributed by atoms with Gasteiger partial charge in [0.15, 0.2) is 0 Å². The average Bonchev–Trinajstić information content (AvgIpc) is 2.72. The van der Waals surface area contributed by atoms with Gasteiger partial charge in [0, 0.05) is 11.0 Å². The molecular formula is C22H27IO3. The van der Waals surface area contributed by atoms with Gasteiger partial charge in [-0.2, -0.15) is 0 Å². The molecule has 0 bridgehead atoms. The van der Waals surface area contributed by atoms with Crippen LogP contribution in [0.5, 0.6) is 0 Å². The fraction of sp³-hybridized carbons (Fsp3) is 0.455. The van der Waals surface area contributed by atoms with E-state index in [4.69, 9.17) is 9.47 Å². The second kappa shape index (κ2) is 10.4. The third-order valence-corrected chi connectivity index (χ3v) is 6.33. The monoisotopic (exact) mass is 466 g/mol. The van der Waals surface area contributed by atoms with Crippen molar-refractivity contribution in [2.45, 2.75) is 38.3 Å². The van der Waals surface area contributed by atoms with Gasteiger partial charge in [0.2, 0.25) is 0 Å². The van der Waals surface area contributed by atoms with Crippen molar-refractivity contribution in [1.29, 1.82) is 0 Å². The lowest BCUT2D eigenvalue weighted by Gasteiger charge is -2.40. The lowest BCUT2D eigenvalue weighted by Crippen LogP contribution is -2.43. The first-order chi connectivity index (χ1) is 12.8. The van der Waals surface area contributed by atoms with Gasteiger partial charge >= 0.3 is 0 Å². The molecule has 140 valence electrons. The zero-order valence-corrected chi connectivity index (χ0v) is 17.1. The summed E-state index contributed by atoms with van der Waals surface area (Å²) in [4.78, 5) is 0. The minimum Gasteiger partial charge on any atom is -0.396 e. The fourth-order valence-electron chi connectivity index (χ4n) is 3.60. The van der Waals surface area contributed by atoms with E-state index in [1.54, 1.807) is 0 Å². The smallest absolute Gasteiger partial charge is 0.0845 e. The van der Waals surface area contributed by atoms with E-state index in [-0.39, 0.29) is 18.8 Å². The highest BCUT2D eigenvalue weighted by atomic mass is 127. The highest BCUT2D eigenvalue weighted by Crippen LogP contribution is 2.35. The van der Waals surface area contributed by atoms with Crippen molar-refractivity contribution in [3.63, 3.8) is 0 Å². The molecule has 4 atom stereocenters. The van der Waals surface area contributed by atoms with Crippen molar-refractivity contribution in [1.82, 2.24) is 0 Å². The number of hydrogen-bond donors (Lipinski definition) is 1. The third kappa shape index (κ3) is 5.52. The van der Waals surface area contributed by atoms with Gasteiger partial charge in [0.1, 0.15) is 0 Å². The molecule has 2 aromatic rings. The molecule has 1 fully saturated rings. The highest BCUT2D eigenvalue weighted by Gasteiger charge is 2.37.